The first kappa shape index (κ1) is 15.1. The van der Waals surface area contributed by atoms with Crippen LogP contribution < -0.4 is 14.8 Å². The number of hydrogen-bond acceptors (Lipinski definition) is 4. The average molecular weight is 310 g/mol. The lowest BCUT2D eigenvalue weighted by molar-refractivity contribution is 0.416. The first-order valence-electron chi connectivity index (χ1n) is 6.05. The van der Waals surface area contributed by atoms with Crippen molar-refractivity contribution in [2.24, 2.45) is 0 Å². The Kier molecular flexibility index (Phi) is 4.04. The number of halogens is 1. The normalized spacial score (nSPS) is 11.2. The van der Waals surface area contributed by atoms with Gasteiger partial charge in [-0.15, -0.1) is 0 Å². The number of hydrogen-bond donors (Lipinski definition) is 1. The van der Waals surface area contributed by atoms with Gasteiger partial charge in [0, 0.05) is 7.05 Å². The Morgan fingerprint density at radius 3 is 2.48 bits per heavy atom. The zero-order chi connectivity index (χ0) is 15.6. The van der Waals surface area contributed by atoms with Crippen LogP contribution in [-0.4, -0.2) is 22.6 Å². The second-order valence-corrected chi connectivity index (χ2v) is 6.30. The van der Waals surface area contributed by atoms with Gasteiger partial charge in [0.1, 0.15) is 11.6 Å². The molecule has 0 radical (unpaired) electrons. The molecule has 112 valence electrons. The molecule has 0 bridgehead atoms. The van der Waals surface area contributed by atoms with Gasteiger partial charge in [-0.25, -0.2) is 12.8 Å². The van der Waals surface area contributed by atoms with Crippen molar-refractivity contribution in [3.8, 4) is 5.75 Å². The van der Waals surface area contributed by atoms with E-state index in [0.717, 1.165) is 16.4 Å². The number of nitrogen functional groups attached to an aromatic ring is 1. The molecule has 0 aliphatic rings. The number of rotatable bonds is 4. The summed E-state index contributed by atoms with van der Waals surface area (Å²) in [5.41, 5.74) is 5.59. The van der Waals surface area contributed by atoms with Crippen LogP contribution in [-0.2, 0) is 10.0 Å². The van der Waals surface area contributed by atoms with E-state index in [1.54, 1.807) is 24.3 Å². The SMILES string of the molecule is COc1ccccc1N(C)S(=O)(=O)c1ccc(F)c(N)c1. The minimum absolute atomic E-state index is 0.0881. The highest BCUT2D eigenvalue weighted by Gasteiger charge is 2.24. The molecule has 2 rings (SSSR count). The standard InChI is InChI=1S/C14H15FN2O3S/c1-17(13-5-3-4-6-14(13)20-2)21(18,19)10-7-8-11(15)12(16)9-10/h3-9H,16H2,1-2H3. The van der Waals surface area contributed by atoms with E-state index in [4.69, 9.17) is 10.5 Å². The highest BCUT2D eigenvalue weighted by Crippen LogP contribution is 2.31. The van der Waals surface area contributed by atoms with Crippen LogP contribution >= 0.6 is 0 Å². The van der Waals surface area contributed by atoms with Gasteiger partial charge in [-0.05, 0) is 30.3 Å². The van der Waals surface area contributed by atoms with E-state index in [9.17, 15) is 12.8 Å². The molecule has 5 nitrogen and oxygen atoms in total. The fourth-order valence-electron chi connectivity index (χ4n) is 1.86. The van der Waals surface area contributed by atoms with E-state index in [1.807, 2.05) is 0 Å². The monoisotopic (exact) mass is 310 g/mol. The molecule has 0 atom stereocenters. The van der Waals surface area contributed by atoms with Crippen molar-refractivity contribution in [2.45, 2.75) is 4.90 Å². The summed E-state index contributed by atoms with van der Waals surface area (Å²) in [6, 6.07) is 9.99. The molecule has 7 heteroatoms. The zero-order valence-corrected chi connectivity index (χ0v) is 12.4. The second kappa shape index (κ2) is 5.61. The summed E-state index contributed by atoms with van der Waals surface area (Å²) in [7, 11) is -1.01. The van der Waals surface area contributed by atoms with Crippen molar-refractivity contribution in [2.75, 3.05) is 24.2 Å². The van der Waals surface area contributed by atoms with Crippen molar-refractivity contribution in [1.82, 2.24) is 0 Å². The van der Waals surface area contributed by atoms with Gasteiger partial charge in [0.05, 0.1) is 23.4 Å². The first-order chi connectivity index (χ1) is 9.87. The van der Waals surface area contributed by atoms with Crippen LogP contribution in [0.5, 0.6) is 5.75 Å². The molecule has 0 saturated carbocycles. The first-order valence-corrected chi connectivity index (χ1v) is 7.49. The molecule has 0 unspecified atom stereocenters. The van der Waals surface area contributed by atoms with E-state index >= 15 is 0 Å². The third kappa shape index (κ3) is 2.78. The van der Waals surface area contributed by atoms with Crippen LogP contribution in [0.3, 0.4) is 0 Å². The third-order valence-electron chi connectivity index (χ3n) is 3.05. The molecular weight excluding hydrogens is 295 g/mol. The summed E-state index contributed by atoms with van der Waals surface area (Å²) in [5, 5.41) is 0. The van der Waals surface area contributed by atoms with Crippen LogP contribution in [0.25, 0.3) is 0 Å². The van der Waals surface area contributed by atoms with Crippen LogP contribution in [0.1, 0.15) is 0 Å². The number of benzene rings is 2. The van der Waals surface area contributed by atoms with Crippen molar-refractivity contribution in [3.05, 3.63) is 48.3 Å². The summed E-state index contributed by atoms with van der Waals surface area (Å²) in [4.78, 5) is -0.0881. The maximum Gasteiger partial charge on any atom is 0.264 e. The number of nitrogens with zero attached hydrogens (tertiary/aromatic N) is 1. The number of methoxy groups -OCH3 is 1. The fourth-order valence-corrected chi connectivity index (χ4v) is 3.10. The van der Waals surface area contributed by atoms with E-state index in [1.165, 1.54) is 20.2 Å². The van der Waals surface area contributed by atoms with Gasteiger partial charge in [-0.1, -0.05) is 12.1 Å². The minimum Gasteiger partial charge on any atom is -0.495 e. The molecule has 2 aromatic rings. The summed E-state index contributed by atoms with van der Waals surface area (Å²) in [6.45, 7) is 0. The molecule has 0 aliphatic carbocycles. The van der Waals surface area contributed by atoms with E-state index in [-0.39, 0.29) is 10.6 Å². The highest BCUT2D eigenvalue weighted by atomic mass is 32.2. The van der Waals surface area contributed by atoms with Crippen molar-refractivity contribution in [3.63, 3.8) is 0 Å². The van der Waals surface area contributed by atoms with Gasteiger partial charge in [-0.2, -0.15) is 0 Å². The van der Waals surface area contributed by atoms with E-state index < -0.39 is 15.8 Å². The van der Waals surface area contributed by atoms with Crippen LogP contribution in [0.4, 0.5) is 15.8 Å². The number of ether oxygens (including phenoxy) is 1. The number of para-hydroxylation sites is 2. The third-order valence-corrected chi connectivity index (χ3v) is 4.82. The Bertz CT molecular complexity index is 763. The predicted molar refractivity (Wildman–Crippen MR) is 79.4 cm³/mol. The Morgan fingerprint density at radius 2 is 1.86 bits per heavy atom. The fraction of sp³-hybridized carbons (Fsp3) is 0.143. The topological polar surface area (TPSA) is 72.6 Å². The molecule has 2 N–H and O–H groups in total. The lowest BCUT2D eigenvalue weighted by atomic mass is 10.3. The maximum absolute atomic E-state index is 13.2. The van der Waals surface area contributed by atoms with Crippen LogP contribution in [0.2, 0.25) is 0 Å². The number of nitrogens with two attached hydrogens (primary N) is 1. The molecule has 0 fully saturated rings. The number of anilines is 2. The Labute approximate surface area is 122 Å². The lowest BCUT2D eigenvalue weighted by Gasteiger charge is -2.21. The van der Waals surface area contributed by atoms with Crippen molar-refractivity contribution < 1.29 is 17.5 Å². The Balaban J connectivity index is 2.50. The van der Waals surface area contributed by atoms with Gasteiger partial charge in [0.15, 0.2) is 0 Å². The van der Waals surface area contributed by atoms with Crippen molar-refractivity contribution >= 4 is 21.4 Å². The molecule has 0 amide bonds. The maximum atomic E-state index is 13.2. The zero-order valence-electron chi connectivity index (χ0n) is 11.6. The summed E-state index contributed by atoms with van der Waals surface area (Å²) < 4.78 is 44.5. The average Bonchev–Trinajstić information content (AvgIpc) is 2.49. The molecule has 0 aromatic heterocycles. The predicted octanol–water partition coefficient (Wildman–Crippen LogP) is 2.24. The van der Waals surface area contributed by atoms with Gasteiger partial charge >= 0.3 is 0 Å². The minimum atomic E-state index is -3.86. The molecule has 0 heterocycles. The molecule has 21 heavy (non-hydrogen) atoms. The largest absolute Gasteiger partial charge is 0.495 e. The van der Waals surface area contributed by atoms with E-state index in [2.05, 4.69) is 0 Å². The molecule has 0 aliphatic heterocycles. The summed E-state index contributed by atoms with van der Waals surface area (Å²) in [6.07, 6.45) is 0. The molecule has 0 spiro atoms. The van der Waals surface area contributed by atoms with Crippen LogP contribution in [0, 0.1) is 5.82 Å². The summed E-state index contributed by atoms with van der Waals surface area (Å²) in [5.74, 6) is -0.243. The van der Waals surface area contributed by atoms with Gasteiger partial charge < -0.3 is 10.5 Å². The van der Waals surface area contributed by atoms with Gasteiger partial charge in [0.25, 0.3) is 10.0 Å². The highest BCUT2D eigenvalue weighted by molar-refractivity contribution is 7.92. The second-order valence-electron chi connectivity index (χ2n) is 4.33. The van der Waals surface area contributed by atoms with Crippen LogP contribution in [0.15, 0.2) is 47.4 Å². The van der Waals surface area contributed by atoms with Gasteiger partial charge in [-0.3, -0.25) is 4.31 Å². The molecular formula is C14H15FN2O3S. The van der Waals surface area contributed by atoms with Crippen molar-refractivity contribution in [1.29, 1.82) is 0 Å². The van der Waals surface area contributed by atoms with E-state index in [0.29, 0.717) is 11.4 Å². The molecule has 2 aromatic carbocycles. The molecule has 0 saturated heterocycles. The van der Waals surface area contributed by atoms with Gasteiger partial charge in [0.2, 0.25) is 0 Å². The smallest absolute Gasteiger partial charge is 0.264 e. The quantitative estimate of drug-likeness (QED) is 0.879. The Hall–Kier alpha value is -2.28. The lowest BCUT2D eigenvalue weighted by Crippen LogP contribution is -2.27. The summed E-state index contributed by atoms with van der Waals surface area (Å²) >= 11 is 0. The number of sulfonamides is 1. The Morgan fingerprint density at radius 1 is 1.19 bits per heavy atom.